The SMILES string of the molecule is Cc1ccc(NC(=O)c2cc(N)cn2C)cc1C(F)(F)F. The summed E-state index contributed by atoms with van der Waals surface area (Å²) in [6, 6.07) is 5.11. The van der Waals surface area contributed by atoms with Gasteiger partial charge in [-0.2, -0.15) is 13.2 Å². The van der Waals surface area contributed by atoms with E-state index in [1.165, 1.54) is 29.7 Å². The van der Waals surface area contributed by atoms with E-state index in [9.17, 15) is 18.0 Å². The average Bonchev–Trinajstić information content (AvgIpc) is 2.69. The van der Waals surface area contributed by atoms with Gasteiger partial charge in [-0.25, -0.2) is 0 Å². The number of carbonyl (C=O) groups excluding carboxylic acids is 1. The van der Waals surface area contributed by atoms with Gasteiger partial charge in [0, 0.05) is 18.9 Å². The minimum atomic E-state index is -4.46. The van der Waals surface area contributed by atoms with E-state index < -0.39 is 17.6 Å². The first-order valence-electron chi connectivity index (χ1n) is 6.09. The van der Waals surface area contributed by atoms with Gasteiger partial charge in [0.25, 0.3) is 5.91 Å². The van der Waals surface area contributed by atoms with E-state index in [1.807, 2.05) is 0 Å². The van der Waals surface area contributed by atoms with Crippen LogP contribution in [0.3, 0.4) is 0 Å². The van der Waals surface area contributed by atoms with Crippen LogP contribution in [-0.2, 0) is 13.2 Å². The summed E-state index contributed by atoms with van der Waals surface area (Å²) in [6.07, 6.45) is -2.91. The molecule has 1 amide bonds. The summed E-state index contributed by atoms with van der Waals surface area (Å²) in [6.45, 7) is 1.37. The highest BCUT2D eigenvalue weighted by molar-refractivity contribution is 6.03. The number of amides is 1. The predicted molar refractivity (Wildman–Crippen MR) is 74.0 cm³/mol. The molecule has 0 spiro atoms. The Labute approximate surface area is 119 Å². The quantitative estimate of drug-likeness (QED) is 0.894. The van der Waals surface area contributed by atoms with E-state index in [-0.39, 0.29) is 16.9 Å². The molecule has 0 aliphatic rings. The lowest BCUT2D eigenvalue weighted by atomic mass is 10.1. The van der Waals surface area contributed by atoms with Crippen molar-refractivity contribution in [2.24, 2.45) is 7.05 Å². The normalized spacial score (nSPS) is 11.5. The summed E-state index contributed by atoms with van der Waals surface area (Å²) in [5.41, 5.74) is 5.64. The second-order valence-corrected chi connectivity index (χ2v) is 4.75. The topological polar surface area (TPSA) is 60.1 Å². The molecule has 1 aromatic heterocycles. The van der Waals surface area contributed by atoms with E-state index in [4.69, 9.17) is 5.73 Å². The van der Waals surface area contributed by atoms with Gasteiger partial charge >= 0.3 is 6.18 Å². The molecule has 0 atom stereocenters. The van der Waals surface area contributed by atoms with Crippen molar-refractivity contribution in [2.75, 3.05) is 11.1 Å². The van der Waals surface area contributed by atoms with Gasteiger partial charge in [-0.05, 0) is 30.7 Å². The number of carbonyl (C=O) groups is 1. The highest BCUT2D eigenvalue weighted by Crippen LogP contribution is 2.33. The molecule has 4 nitrogen and oxygen atoms in total. The standard InChI is InChI=1S/C14H14F3N3O/c1-8-3-4-10(6-11(8)14(15,16)17)19-13(21)12-5-9(18)7-20(12)2/h3-7H,18H2,1-2H3,(H,19,21). The highest BCUT2D eigenvalue weighted by atomic mass is 19.4. The fourth-order valence-electron chi connectivity index (χ4n) is 2.02. The highest BCUT2D eigenvalue weighted by Gasteiger charge is 2.32. The molecule has 0 aliphatic heterocycles. The third-order valence-electron chi connectivity index (χ3n) is 3.06. The number of halogens is 3. The maximum Gasteiger partial charge on any atom is 0.416 e. The molecule has 0 fully saturated rings. The van der Waals surface area contributed by atoms with Crippen LogP contribution in [0.4, 0.5) is 24.5 Å². The van der Waals surface area contributed by atoms with Gasteiger partial charge < -0.3 is 15.6 Å². The number of anilines is 2. The van der Waals surface area contributed by atoms with E-state index in [2.05, 4.69) is 5.32 Å². The molecule has 0 radical (unpaired) electrons. The van der Waals surface area contributed by atoms with Crippen LogP contribution in [0.5, 0.6) is 0 Å². The van der Waals surface area contributed by atoms with E-state index >= 15 is 0 Å². The number of benzene rings is 1. The first-order chi connectivity index (χ1) is 9.68. The summed E-state index contributed by atoms with van der Waals surface area (Å²) < 4.78 is 40.0. The third-order valence-corrected chi connectivity index (χ3v) is 3.06. The minimum Gasteiger partial charge on any atom is -0.397 e. The molecule has 3 N–H and O–H groups in total. The van der Waals surface area contributed by atoms with E-state index in [0.717, 1.165) is 6.07 Å². The molecule has 0 unspecified atom stereocenters. The second-order valence-electron chi connectivity index (χ2n) is 4.75. The number of nitrogens with two attached hydrogens (primary N) is 1. The Morgan fingerprint density at radius 3 is 2.48 bits per heavy atom. The number of alkyl halides is 3. The summed E-state index contributed by atoms with van der Waals surface area (Å²) in [4.78, 5) is 12.0. The van der Waals surface area contributed by atoms with Crippen LogP contribution in [-0.4, -0.2) is 10.5 Å². The van der Waals surface area contributed by atoms with Gasteiger partial charge in [0.1, 0.15) is 5.69 Å². The molecule has 7 heteroatoms. The fraction of sp³-hybridized carbons (Fsp3) is 0.214. The third kappa shape index (κ3) is 3.18. The van der Waals surface area contributed by atoms with E-state index in [1.54, 1.807) is 13.2 Å². The zero-order valence-corrected chi connectivity index (χ0v) is 11.5. The van der Waals surface area contributed by atoms with Gasteiger partial charge in [-0.1, -0.05) is 6.07 Å². The van der Waals surface area contributed by atoms with Crippen molar-refractivity contribution in [1.29, 1.82) is 0 Å². The van der Waals surface area contributed by atoms with Crippen molar-refractivity contribution in [2.45, 2.75) is 13.1 Å². The van der Waals surface area contributed by atoms with Gasteiger partial charge in [-0.15, -0.1) is 0 Å². The van der Waals surface area contributed by atoms with E-state index in [0.29, 0.717) is 5.69 Å². The van der Waals surface area contributed by atoms with Crippen molar-refractivity contribution in [1.82, 2.24) is 4.57 Å². The van der Waals surface area contributed by atoms with Gasteiger partial charge in [0.15, 0.2) is 0 Å². The Morgan fingerprint density at radius 2 is 1.95 bits per heavy atom. The molecule has 1 heterocycles. The lowest BCUT2D eigenvalue weighted by Gasteiger charge is -2.13. The van der Waals surface area contributed by atoms with Gasteiger partial charge in [-0.3, -0.25) is 4.79 Å². The minimum absolute atomic E-state index is 0.0812. The molecular weight excluding hydrogens is 283 g/mol. The number of hydrogen-bond acceptors (Lipinski definition) is 2. The maximum absolute atomic E-state index is 12.8. The maximum atomic E-state index is 12.8. The first-order valence-corrected chi connectivity index (χ1v) is 6.09. The molecule has 0 saturated heterocycles. The number of nitrogens with zero attached hydrogens (tertiary/aromatic N) is 1. The first kappa shape index (κ1) is 15.0. The monoisotopic (exact) mass is 297 g/mol. The number of rotatable bonds is 2. The van der Waals surface area contributed by atoms with Gasteiger partial charge in [0.05, 0.1) is 11.3 Å². The Balaban J connectivity index is 2.28. The van der Waals surface area contributed by atoms with Crippen molar-refractivity contribution < 1.29 is 18.0 Å². The summed E-state index contributed by atoms with van der Waals surface area (Å²) in [5, 5.41) is 2.44. The Hall–Kier alpha value is -2.44. The smallest absolute Gasteiger partial charge is 0.397 e. The Kier molecular flexibility index (Phi) is 3.67. The molecule has 0 saturated carbocycles. The summed E-state index contributed by atoms with van der Waals surface area (Å²) >= 11 is 0. The Bertz CT molecular complexity index is 689. The number of aromatic nitrogens is 1. The molecule has 112 valence electrons. The molecular formula is C14H14F3N3O. The van der Waals surface area contributed by atoms with Crippen LogP contribution in [0.1, 0.15) is 21.6 Å². The average molecular weight is 297 g/mol. The van der Waals surface area contributed by atoms with Crippen molar-refractivity contribution in [3.8, 4) is 0 Å². The molecule has 2 rings (SSSR count). The molecule has 2 aromatic rings. The largest absolute Gasteiger partial charge is 0.416 e. The fourth-order valence-corrected chi connectivity index (χ4v) is 2.02. The zero-order chi connectivity index (χ0) is 15.8. The van der Waals surface area contributed by atoms with Crippen LogP contribution in [0.2, 0.25) is 0 Å². The van der Waals surface area contributed by atoms with Crippen LogP contribution in [0.15, 0.2) is 30.5 Å². The van der Waals surface area contributed by atoms with Crippen LogP contribution >= 0.6 is 0 Å². The molecule has 21 heavy (non-hydrogen) atoms. The van der Waals surface area contributed by atoms with Gasteiger partial charge in [0.2, 0.25) is 0 Å². The lowest BCUT2D eigenvalue weighted by molar-refractivity contribution is -0.138. The lowest BCUT2D eigenvalue weighted by Crippen LogP contribution is -2.16. The Morgan fingerprint density at radius 1 is 1.29 bits per heavy atom. The van der Waals surface area contributed by atoms with Crippen molar-refractivity contribution in [3.05, 3.63) is 47.3 Å². The van der Waals surface area contributed by atoms with Crippen molar-refractivity contribution in [3.63, 3.8) is 0 Å². The number of nitrogens with one attached hydrogen (secondary N) is 1. The molecule has 0 bridgehead atoms. The van der Waals surface area contributed by atoms with Crippen LogP contribution in [0, 0.1) is 6.92 Å². The summed E-state index contributed by atoms with van der Waals surface area (Å²) in [5.74, 6) is -0.522. The molecule has 1 aromatic carbocycles. The summed E-state index contributed by atoms with van der Waals surface area (Å²) in [7, 11) is 1.63. The molecule has 0 aliphatic carbocycles. The number of aryl methyl sites for hydroxylation is 2. The predicted octanol–water partition coefficient (Wildman–Crippen LogP) is 3.19. The number of nitrogen functional groups attached to an aromatic ring is 1. The number of hydrogen-bond donors (Lipinski definition) is 2. The van der Waals surface area contributed by atoms with Crippen molar-refractivity contribution >= 4 is 17.3 Å². The van der Waals surface area contributed by atoms with Crippen LogP contribution in [0.25, 0.3) is 0 Å². The van der Waals surface area contributed by atoms with Crippen LogP contribution < -0.4 is 11.1 Å². The second kappa shape index (κ2) is 5.16. The zero-order valence-electron chi connectivity index (χ0n) is 11.5.